The molecule has 0 saturated heterocycles. The average molecular weight is 371 g/mol. The summed E-state index contributed by atoms with van der Waals surface area (Å²) in [5.74, 6) is -1.70. The van der Waals surface area contributed by atoms with E-state index in [2.05, 4.69) is 10.6 Å². The predicted molar refractivity (Wildman–Crippen MR) is 100 cm³/mol. The molecule has 0 aliphatic rings. The molecule has 2 amide bonds. The molecule has 0 fully saturated rings. The molecule has 26 heavy (non-hydrogen) atoms. The zero-order valence-corrected chi connectivity index (χ0v) is 15.0. The third-order valence-corrected chi connectivity index (χ3v) is 4.30. The first-order chi connectivity index (χ1) is 12.5. The van der Waals surface area contributed by atoms with Crippen molar-refractivity contribution in [2.45, 2.75) is 12.5 Å². The number of carbonyl (C=O) groups excluding carboxylic acids is 3. The fourth-order valence-corrected chi connectivity index (χ4v) is 2.77. The van der Waals surface area contributed by atoms with Gasteiger partial charge in [0.1, 0.15) is 0 Å². The number of rotatable bonds is 8. The van der Waals surface area contributed by atoms with Crippen LogP contribution < -0.4 is 15.7 Å². The van der Waals surface area contributed by atoms with Gasteiger partial charge >= 0.3 is 0 Å². The van der Waals surface area contributed by atoms with Gasteiger partial charge in [0.25, 0.3) is 11.8 Å². The summed E-state index contributed by atoms with van der Waals surface area (Å²) in [4.78, 5) is 36.0. The molecule has 0 heterocycles. The molecule has 2 rings (SSSR count). The number of carboxylic acid groups (broad SMARTS) is 1. The van der Waals surface area contributed by atoms with Gasteiger partial charge < -0.3 is 20.5 Å². The van der Waals surface area contributed by atoms with E-state index in [4.69, 9.17) is 0 Å². The molecule has 0 aliphatic heterocycles. The number of carboxylic acids is 1. The van der Waals surface area contributed by atoms with E-state index in [1.165, 1.54) is 17.8 Å². The Labute approximate surface area is 156 Å². The van der Waals surface area contributed by atoms with Crippen LogP contribution >= 0.6 is 11.8 Å². The lowest BCUT2D eigenvalue weighted by molar-refractivity contribution is -0.308. The molecule has 0 aliphatic carbocycles. The second-order valence-electron chi connectivity index (χ2n) is 5.49. The second-order valence-corrected chi connectivity index (χ2v) is 6.48. The minimum absolute atomic E-state index is 0.187. The normalized spacial score (nSPS) is 11.4. The second kappa shape index (κ2) is 9.62. The summed E-state index contributed by atoms with van der Waals surface area (Å²) >= 11 is 1.48. The zero-order valence-electron chi connectivity index (χ0n) is 14.2. The number of carbonyl (C=O) groups is 3. The van der Waals surface area contributed by atoms with Gasteiger partial charge in [0.05, 0.1) is 23.3 Å². The quantitative estimate of drug-likeness (QED) is 0.733. The van der Waals surface area contributed by atoms with Crippen LogP contribution in [-0.4, -0.2) is 35.8 Å². The standard InChI is InChI=1S/C19H20N2O4S/c1-26-12-11-16(19(24)25)21-18(23)14-9-5-6-10-15(14)20-17(22)13-7-3-2-4-8-13/h2-10,16H,11-12H2,1H3,(H,20,22)(H,21,23)(H,24,25)/p-1/t16-/m1/s1. The summed E-state index contributed by atoms with van der Waals surface area (Å²) in [5, 5.41) is 16.4. The van der Waals surface area contributed by atoms with Crippen molar-refractivity contribution in [3.05, 3.63) is 65.7 Å². The largest absolute Gasteiger partial charge is 0.548 e. The first-order valence-electron chi connectivity index (χ1n) is 7.99. The molecule has 2 N–H and O–H groups in total. The number of hydrogen-bond acceptors (Lipinski definition) is 5. The molecular formula is C19H19N2O4S-. The van der Waals surface area contributed by atoms with Crippen LogP contribution in [0.25, 0.3) is 0 Å². The van der Waals surface area contributed by atoms with Gasteiger partial charge in [-0.1, -0.05) is 30.3 Å². The highest BCUT2D eigenvalue weighted by atomic mass is 32.2. The Bertz CT molecular complexity index is 780. The van der Waals surface area contributed by atoms with Crippen molar-refractivity contribution in [3.8, 4) is 0 Å². The predicted octanol–water partition coefficient (Wildman–Crippen LogP) is 1.54. The molecule has 0 unspecified atom stereocenters. The number of anilines is 1. The van der Waals surface area contributed by atoms with Gasteiger partial charge in [-0.25, -0.2) is 0 Å². The number of benzene rings is 2. The maximum atomic E-state index is 12.5. The molecular weight excluding hydrogens is 352 g/mol. The van der Waals surface area contributed by atoms with Gasteiger partial charge in [0.15, 0.2) is 0 Å². The number of para-hydroxylation sites is 1. The summed E-state index contributed by atoms with van der Waals surface area (Å²) < 4.78 is 0. The summed E-state index contributed by atoms with van der Waals surface area (Å²) in [6.45, 7) is 0. The summed E-state index contributed by atoms with van der Waals surface area (Å²) in [5.41, 5.74) is 0.947. The van der Waals surface area contributed by atoms with E-state index < -0.39 is 17.9 Å². The number of amides is 2. The van der Waals surface area contributed by atoms with Crippen molar-refractivity contribution in [1.82, 2.24) is 5.32 Å². The highest BCUT2D eigenvalue weighted by molar-refractivity contribution is 7.98. The Morgan fingerprint density at radius 3 is 2.31 bits per heavy atom. The van der Waals surface area contributed by atoms with Crippen LogP contribution in [0.3, 0.4) is 0 Å². The summed E-state index contributed by atoms with van der Waals surface area (Å²) in [7, 11) is 0. The lowest BCUT2D eigenvalue weighted by Crippen LogP contribution is -2.48. The SMILES string of the molecule is CSCC[C@@H](NC(=O)c1ccccc1NC(=O)c1ccccc1)C(=O)[O-]. The molecule has 7 heteroatoms. The number of thioether (sulfide) groups is 1. The molecule has 136 valence electrons. The Hall–Kier alpha value is -2.80. The van der Waals surface area contributed by atoms with Gasteiger partial charge in [-0.15, -0.1) is 0 Å². The van der Waals surface area contributed by atoms with Gasteiger partial charge in [-0.05, 0) is 42.7 Å². The van der Waals surface area contributed by atoms with Crippen LogP contribution in [0.15, 0.2) is 54.6 Å². The van der Waals surface area contributed by atoms with Crippen LogP contribution in [-0.2, 0) is 4.79 Å². The van der Waals surface area contributed by atoms with E-state index in [1.807, 2.05) is 6.26 Å². The van der Waals surface area contributed by atoms with Crippen LogP contribution in [0.4, 0.5) is 5.69 Å². The number of nitrogens with one attached hydrogen (secondary N) is 2. The molecule has 1 atom stereocenters. The van der Waals surface area contributed by atoms with E-state index in [-0.39, 0.29) is 17.9 Å². The first kappa shape index (κ1) is 19.5. The fraction of sp³-hybridized carbons (Fsp3) is 0.211. The molecule has 2 aromatic rings. The Kier molecular flexibility index (Phi) is 7.23. The molecule has 2 aromatic carbocycles. The topological polar surface area (TPSA) is 98.3 Å². The maximum Gasteiger partial charge on any atom is 0.255 e. The highest BCUT2D eigenvalue weighted by Gasteiger charge is 2.18. The Balaban J connectivity index is 2.15. The van der Waals surface area contributed by atoms with Gasteiger partial charge in [0, 0.05) is 5.56 Å². The van der Waals surface area contributed by atoms with Crippen LogP contribution in [0, 0.1) is 0 Å². The number of hydrogen-bond donors (Lipinski definition) is 2. The molecule has 0 bridgehead atoms. The molecule has 0 aromatic heterocycles. The number of aliphatic carboxylic acids is 1. The van der Waals surface area contributed by atoms with E-state index in [0.717, 1.165) is 0 Å². The molecule has 0 radical (unpaired) electrons. The summed E-state index contributed by atoms with van der Waals surface area (Å²) in [6, 6.07) is 13.9. The van der Waals surface area contributed by atoms with Crippen LogP contribution in [0.5, 0.6) is 0 Å². The van der Waals surface area contributed by atoms with Crippen molar-refractivity contribution in [1.29, 1.82) is 0 Å². The van der Waals surface area contributed by atoms with Gasteiger partial charge in [0.2, 0.25) is 0 Å². The van der Waals surface area contributed by atoms with E-state index in [9.17, 15) is 19.5 Å². The average Bonchev–Trinajstić information content (AvgIpc) is 2.65. The van der Waals surface area contributed by atoms with Crippen LogP contribution in [0.1, 0.15) is 27.1 Å². The smallest absolute Gasteiger partial charge is 0.255 e. The molecule has 6 nitrogen and oxygen atoms in total. The van der Waals surface area contributed by atoms with Crippen molar-refractivity contribution in [2.75, 3.05) is 17.3 Å². The zero-order chi connectivity index (χ0) is 18.9. The third kappa shape index (κ3) is 5.35. The monoisotopic (exact) mass is 371 g/mol. The lowest BCUT2D eigenvalue weighted by atomic mass is 10.1. The minimum atomic E-state index is -1.33. The molecule has 0 saturated carbocycles. The van der Waals surface area contributed by atoms with E-state index in [0.29, 0.717) is 17.0 Å². The van der Waals surface area contributed by atoms with E-state index in [1.54, 1.807) is 48.5 Å². The fourth-order valence-electron chi connectivity index (χ4n) is 2.29. The maximum absolute atomic E-state index is 12.5. The van der Waals surface area contributed by atoms with Crippen molar-refractivity contribution >= 4 is 35.2 Å². The first-order valence-corrected chi connectivity index (χ1v) is 9.38. The Morgan fingerprint density at radius 1 is 1.00 bits per heavy atom. The van der Waals surface area contributed by atoms with E-state index >= 15 is 0 Å². The lowest BCUT2D eigenvalue weighted by Gasteiger charge is -2.20. The minimum Gasteiger partial charge on any atom is -0.548 e. The highest BCUT2D eigenvalue weighted by Crippen LogP contribution is 2.17. The van der Waals surface area contributed by atoms with Crippen molar-refractivity contribution < 1.29 is 19.5 Å². The van der Waals surface area contributed by atoms with Gasteiger partial charge in [-0.2, -0.15) is 11.8 Å². The summed E-state index contributed by atoms with van der Waals surface area (Å²) in [6.07, 6.45) is 2.11. The van der Waals surface area contributed by atoms with Crippen molar-refractivity contribution in [2.24, 2.45) is 0 Å². The third-order valence-electron chi connectivity index (χ3n) is 3.66. The van der Waals surface area contributed by atoms with Crippen LogP contribution in [0.2, 0.25) is 0 Å². The van der Waals surface area contributed by atoms with Crippen molar-refractivity contribution in [3.63, 3.8) is 0 Å². The van der Waals surface area contributed by atoms with Gasteiger partial charge in [-0.3, -0.25) is 9.59 Å². The Morgan fingerprint density at radius 2 is 1.65 bits per heavy atom. The molecule has 0 spiro atoms.